The molecule has 1 atom stereocenters. The topological polar surface area (TPSA) is 42.0 Å². The number of hydrogen-bond acceptors (Lipinski definition) is 3. The third-order valence-corrected chi connectivity index (χ3v) is 1.43. The fraction of sp³-hybridized carbons (Fsp3) is 1.00. The summed E-state index contributed by atoms with van der Waals surface area (Å²) >= 11 is 0. The molecule has 0 aliphatic carbocycles. The maximum atomic E-state index is 9.58. The maximum Gasteiger partial charge on any atom is 0.0811 e. The quantitative estimate of drug-likeness (QED) is 0.319. The molecule has 1 saturated heterocycles. The Morgan fingerprint density at radius 2 is 2.33 bits per heavy atom. The van der Waals surface area contributed by atoms with Gasteiger partial charge in [-0.2, -0.15) is 4.91 Å². The molecular weight excluding hydrogens is 118 g/mol. The van der Waals surface area contributed by atoms with Crippen LogP contribution in [0.3, 0.4) is 0 Å². The number of hydrogen-bond donors (Lipinski definition) is 0. The number of unbranched alkanes of at least 4 members (excludes halogenated alkanes) is 1. The van der Waals surface area contributed by atoms with E-state index < -0.39 is 0 Å². The van der Waals surface area contributed by atoms with Gasteiger partial charge in [-0.05, 0) is 19.3 Å². The molecule has 3 nitrogen and oxygen atoms in total. The van der Waals surface area contributed by atoms with Crippen molar-refractivity contribution < 1.29 is 4.74 Å². The highest BCUT2D eigenvalue weighted by atomic mass is 16.6. The Bertz CT molecular complexity index is 91.1. The third kappa shape index (κ3) is 3.19. The Morgan fingerprint density at radius 1 is 1.56 bits per heavy atom. The van der Waals surface area contributed by atoms with Gasteiger partial charge in [0.2, 0.25) is 0 Å². The molecule has 0 spiro atoms. The second-order valence-corrected chi connectivity index (χ2v) is 2.30. The first-order chi connectivity index (χ1) is 4.43. The van der Waals surface area contributed by atoms with E-state index in [1.807, 2.05) is 0 Å². The monoisotopic (exact) mass is 129 g/mol. The lowest BCUT2D eigenvalue weighted by Gasteiger charge is -1.89. The minimum Gasteiger partial charge on any atom is -0.373 e. The van der Waals surface area contributed by atoms with Gasteiger partial charge in [-0.15, -0.1) is 0 Å². The number of ether oxygens (including phenoxy) is 1. The first-order valence-electron chi connectivity index (χ1n) is 3.34. The van der Waals surface area contributed by atoms with Crippen LogP contribution in [0.1, 0.15) is 19.3 Å². The fourth-order valence-corrected chi connectivity index (χ4v) is 0.783. The van der Waals surface area contributed by atoms with Crippen molar-refractivity contribution in [3.63, 3.8) is 0 Å². The summed E-state index contributed by atoms with van der Waals surface area (Å²) in [5.41, 5.74) is 0. The second kappa shape index (κ2) is 3.56. The number of nitroso groups, excluding NO2 is 1. The van der Waals surface area contributed by atoms with E-state index in [9.17, 15) is 4.91 Å². The highest BCUT2D eigenvalue weighted by molar-refractivity contribution is 4.68. The van der Waals surface area contributed by atoms with Crippen LogP contribution in [0.15, 0.2) is 5.18 Å². The van der Waals surface area contributed by atoms with Crippen LogP contribution in [0.2, 0.25) is 0 Å². The van der Waals surface area contributed by atoms with Crippen molar-refractivity contribution in [3.8, 4) is 0 Å². The molecule has 0 N–H and O–H groups in total. The molecule has 52 valence electrons. The van der Waals surface area contributed by atoms with Crippen LogP contribution in [0.4, 0.5) is 0 Å². The molecular formula is C6H11NO2. The van der Waals surface area contributed by atoms with E-state index in [1.54, 1.807) is 0 Å². The van der Waals surface area contributed by atoms with Gasteiger partial charge in [0.15, 0.2) is 0 Å². The van der Waals surface area contributed by atoms with Gasteiger partial charge in [0.05, 0.1) is 19.3 Å². The van der Waals surface area contributed by atoms with Crippen molar-refractivity contribution in [2.45, 2.75) is 25.4 Å². The van der Waals surface area contributed by atoms with E-state index in [0.717, 1.165) is 25.9 Å². The molecule has 3 heteroatoms. The van der Waals surface area contributed by atoms with E-state index in [2.05, 4.69) is 5.18 Å². The van der Waals surface area contributed by atoms with Gasteiger partial charge in [0.1, 0.15) is 0 Å². The molecule has 1 aliphatic rings. The summed E-state index contributed by atoms with van der Waals surface area (Å²) in [5.74, 6) is 0. The fourth-order valence-electron chi connectivity index (χ4n) is 0.783. The average Bonchev–Trinajstić information content (AvgIpc) is 2.63. The van der Waals surface area contributed by atoms with Crippen LogP contribution in [0, 0.1) is 4.91 Å². The zero-order chi connectivity index (χ0) is 6.53. The lowest BCUT2D eigenvalue weighted by atomic mass is 10.2. The van der Waals surface area contributed by atoms with Gasteiger partial charge >= 0.3 is 0 Å². The van der Waals surface area contributed by atoms with Gasteiger partial charge in [0.25, 0.3) is 0 Å². The van der Waals surface area contributed by atoms with Crippen LogP contribution in [-0.2, 0) is 4.74 Å². The maximum absolute atomic E-state index is 9.58. The van der Waals surface area contributed by atoms with Crippen molar-refractivity contribution in [3.05, 3.63) is 4.91 Å². The molecule has 1 unspecified atom stereocenters. The zero-order valence-electron chi connectivity index (χ0n) is 5.38. The molecule has 1 heterocycles. The molecule has 1 fully saturated rings. The Morgan fingerprint density at radius 3 is 2.89 bits per heavy atom. The molecule has 0 aromatic heterocycles. The molecule has 1 rings (SSSR count). The normalized spacial score (nSPS) is 23.8. The first-order valence-corrected chi connectivity index (χ1v) is 3.34. The Kier molecular flexibility index (Phi) is 2.64. The smallest absolute Gasteiger partial charge is 0.0811 e. The molecule has 0 radical (unpaired) electrons. The SMILES string of the molecule is O=NCCCCC1CO1. The van der Waals surface area contributed by atoms with Crippen LogP contribution in [0.25, 0.3) is 0 Å². The average molecular weight is 129 g/mol. The number of nitrogens with zero attached hydrogens (tertiary/aromatic N) is 1. The van der Waals surface area contributed by atoms with Crippen molar-refractivity contribution in [2.75, 3.05) is 13.2 Å². The van der Waals surface area contributed by atoms with Crippen molar-refractivity contribution >= 4 is 0 Å². The van der Waals surface area contributed by atoms with E-state index >= 15 is 0 Å². The van der Waals surface area contributed by atoms with Crippen LogP contribution < -0.4 is 0 Å². The highest BCUT2D eigenvalue weighted by Crippen LogP contribution is 2.16. The predicted molar refractivity (Wildman–Crippen MR) is 34.3 cm³/mol. The second-order valence-electron chi connectivity index (χ2n) is 2.30. The number of epoxide rings is 1. The summed E-state index contributed by atoms with van der Waals surface area (Å²) < 4.78 is 4.98. The Hall–Kier alpha value is -0.440. The van der Waals surface area contributed by atoms with Gasteiger partial charge in [-0.3, -0.25) is 0 Å². The van der Waals surface area contributed by atoms with E-state index in [4.69, 9.17) is 4.74 Å². The largest absolute Gasteiger partial charge is 0.373 e. The standard InChI is InChI=1S/C6H11NO2/c8-7-4-2-1-3-6-5-9-6/h6H,1-5H2. The minimum atomic E-state index is 0.465. The van der Waals surface area contributed by atoms with Crippen molar-refractivity contribution in [1.29, 1.82) is 0 Å². The predicted octanol–water partition coefficient (Wildman–Crippen LogP) is 1.32. The number of rotatable bonds is 5. The van der Waals surface area contributed by atoms with Crippen LogP contribution in [0.5, 0.6) is 0 Å². The summed E-state index contributed by atoms with van der Waals surface area (Å²) in [6.45, 7) is 1.39. The van der Waals surface area contributed by atoms with E-state index in [-0.39, 0.29) is 0 Å². The molecule has 9 heavy (non-hydrogen) atoms. The highest BCUT2D eigenvalue weighted by Gasteiger charge is 2.20. The Labute approximate surface area is 54.4 Å². The third-order valence-electron chi connectivity index (χ3n) is 1.43. The van der Waals surface area contributed by atoms with Gasteiger partial charge in [0, 0.05) is 0 Å². The van der Waals surface area contributed by atoms with Crippen molar-refractivity contribution in [2.24, 2.45) is 5.18 Å². The van der Waals surface area contributed by atoms with Gasteiger partial charge < -0.3 is 4.74 Å². The molecule has 0 saturated carbocycles. The summed E-state index contributed by atoms with van der Waals surface area (Å²) in [7, 11) is 0. The lowest BCUT2D eigenvalue weighted by Crippen LogP contribution is -1.86. The lowest BCUT2D eigenvalue weighted by molar-refractivity contribution is 0.390. The van der Waals surface area contributed by atoms with Crippen LogP contribution in [-0.4, -0.2) is 19.3 Å². The minimum absolute atomic E-state index is 0.465. The van der Waals surface area contributed by atoms with Gasteiger partial charge in [-0.25, -0.2) is 0 Å². The molecule has 0 aromatic rings. The van der Waals surface area contributed by atoms with E-state index in [0.29, 0.717) is 12.6 Å². The van der Waals surface area contributed by atoms with Gasteiger partial charge in [-0.1, -0.05) is 5.18 Å². The van der Waals surface area contributed by atoms with E-state index in [1.165, 1.54) is 0 Å². The van der Waals surface area contributed by atoms with Crippen molar-refractivity contribution in [1.82, 2.24) is 0 Å². The Balaban J connectivity index is 1.75. The molecule has 0 bridgehead atoms. The molecule has 0 aromatic carbocycles. The summed E-state index contributed by atoms with van der Waals surface area (Å²) in [4.78, 5) is 9.58. The summed E-state index contributed by atoms with van der Waals surface area (Å²) in [5, 5.41) is 2.76. The molecule has 0 amide bonds. The molecule has 1 aliphatic heterocycles. The summed E-state index contributed by atoms with van der Waals surface area (Å²) in [6.07, 6.45) is 3.62. The first kappa shape index (κ1) is 6.68. The van der Waals surface area contributed by atoms with Crippen LogP contribution >= 0.6 is 0 Å². The summed E-state index contributed by atoms with van der Waals surface area (Å²) in [6, 6.07) is 0. The zero-order valence-corrected chi connectivity index (χ0v) is 5.38.